The number of benzene rings is 1. The van der Waals surface area contributed by atoms with Gasteiger partial charge in [0, 0.05) is 19.1 Å². The Morgan fingerprint density at radius 3 is 2.60 bits per heavy atom. The summed E-state index contributed by atoms with van der Waals surface area (Å²) in [5.74, 6) is -0.100. The molecule has 1 N–H and O–H groups in total. The van der Waals surface area contributed by atoms with Crippen molar-refractivity contribution in [1.29, 1.82) is 0 Å². The molecule has 0 bridgehead atoms. The van der Waals surface area contributed by atoms with E-state index >= 15 is 0 Å². The quantitative estimate of drug-likeness (QED) is 0.724. The molecule has 1 unspecified atom stereocenters. The molecule has 0 saturated carbocycles. The molecule has 3 heteroatoms. The summed E-state index contributed by atoms with van der Waals surface area (Å²) in [5, 5.41) is 3.31. The summed E-state index contributed by atoms with van der Waals surface area (Å²) >= 11 is 0. The Hall–Kier alpha value is -1.09. The van der Waals surface area contributed by atoms with E-state index < -0.39 is 0 Å². The molecule has 0 heterocycles. The summed E-state index contributed by atoms with van der Waals surface area (Å²) in [4.78, 5) is 2.24. The summed E-state index contributed by atoms with van der Waals surface area (Å²) in [5.41, 5.74) is 1.85. The fraction of sp³-hybridized carbons (Fsp3) is 0.647. The molecule has 0 saturated heterocycles. The zero-order valence-corrected chi connectivity index (χ0v) is 13.4. The largest absolute Gasteiger partial charge is 0.366 e. The first kappa shape index (κ1) is 17.0. The minimum Gasteiger partial charge on any atom is -0.366 e. The topological polar surface area (TPSA) is 15.3 Å². The van der Waals surface area contributed by atoms with Crippen molar-refractivity contribution in [3.8, 4) is 0 Å². The smallest absolute Gasteiger partial charge is 0.146 e. The highest BCUT2D eigenvalue weighted by Gasteiger charge is 2.19. The average Bonchev–Trinajstić information content (AvgIpc) is 2.46. The number of unbranched alkanes of at least 4 members (excludes halogenated alkanes) is 1. The van der Waals surface area contributed by atoms with E-state index in [9.17, 15) is 4.39 Å². The van der Waals surface area contributed by atoms with E-state index in [1.54, 1.807) is 12.1 Å². The Labute approximate surface area is 123 Å². The van der Waals surface area contributed by atoms with Crippen molar-refractivity contribution >= 4 is 5.69 Å². The molecule has 0 aromatic heterocycles. The van der Waals surface area contributed by atoms with Crippen LogP contribution in [0.1, 0.15) is 52.5 Å². The minimum absolute atomic E-state index is 0.100. The normalized spacial score (nSPS) is 12.4. The fourth-order valence-electron chi connectivity index (χ4n) is 2.39. The van der Waals surface area contributed by atoms with Gasteiger partial charge in [-0.1, -0.05) is 39.3 Å². The van der Waals surface area contributed by atoms with Crippen LogP contribution < -0.4 is 10.2 Å². The maximum Gasteiger partial charge on any atom is 0.146 e. The highest BCUT2D eigenvalue weighted by atomic mass is 19.1. The highest BCUT2D eigenvalue weighted by Crippen LogP contribution is 2.27. The summed E-state index contributed by atoms with van der Waals surface area (Å²) in [6.07, 6.45) is 3.25. The molecule has 0 aliphatic carbocycles. The second-order valence-electron chi connectivity index (χ2n) is 5.33. The van der Waals surface area contributed by atoms with E-state index in [0.717, 1.165) is 50.1 Å². The van der Waals surface area contributed by atoms with Crippen LogP contribution in [0.4, 0.5) is 10.1 Å². The zero-order chi connectivity index (χ0) is 15.0. The van der Waals surface area contributed by atoms with Crippen LogP contribution in [0, 0.1) is 5.82 Å². The van der Waals surface area contributed by atoms with Gasteiger partial charge in [-0.2, -0.15) is 0 Å². The molecular formula is C17H29FN2. The second kappa shape index (κ2) is 8.96. The Morgan fingerprint density at radius 1 is 1.25 bits per heavy atom. The van der Waals surface area contributed by atoms with Crippen molar-refractivity contribution in [1.82, 2.24) is 5.32 Å². The molecule has 0 aliphatic rings. The first-order chi connectivity index (χ1) is 9.65. The summed E-state index contributed by atoms with van der Waals surface area (Å²) in [6, 6.07) is 5.77. The van der Waals surface area contributed by atoms with E-state index in [1.165, 1.54) is 0 Å². The van der Waals surface area contributed by atoms with Crippen molar-refractivity contribution in [3.05, 3.63) is 29.6 Å². The molecule has 1 aromatic carbocycles. The van der Waals surface area contributed by atoms with Crippen molar-refractivity contribution in [2.45, 2.75) is 59.5 Å². The van der Waals surface area contributed by atoms with Crippen molar-refractivity contribution < 1.29 is 4.39 Å². The number of nitrogens with zero attached hydrogens (tertiary/aromatic N) is 1. The number of nitrogens with one attached hydrogen (secondary N) is 1. The lowest BCUT2D eigenvalue weighted by Crippen LogP contribution is -2.35. The summed E-state index contributed by atoms with van der Waals surface area (Å²) < 4.78 is 14.4. The second-order valence-corrected chi connectivity index (χ2v) is 5.33. The number of halogens is 1. The predicted octanol–water partition coefficient (Wildman–Crippen LogP) is 4.34. The van der Waals surface area contributed by atoms with Crippen molar-refractivity contribution in [3.63, 3.8) is 0 Å². The number of hydrogen-bond donors (Lipinski definition) is 1. The monoisotopic (exact) mass is 280 g/mol. The van der Waals surface area contributed by atoms with Gasteiger partial charge in [0.25, 0.3) is 0 Å². The van der Waals surface area contributed by atoms with Gasteiger partial charge in [0.15, 0.2) is 0 Å². The molecule has 0 radical (unpaired) electrons. The third kappa shape index (κ3) is 4.48. The van der Waals surface area contributed by atoms with E-state index in [-0.39, 0.29) is 5.82 Å². The van der Waals surface area contributed by atoms with Crippen LogP contribution in [-0.4, -0.2) is 19.1 Å². The van der Waals surface area contributed by atoms with Gasteiger partial charge in [0.2, 0.25) is 0 Å². The molecule has 0 amide bonds. The first-order valence-electron chi connectivity index (χ1n) is 7.90. The van der Waals surface area contributed by atoms with Crippen molar-refractivity contribution in [2.24, 2.45) is 0 Å². The molecular weight excluding hydrogens is 251 g/mol. The van der Waals surface area contributed by atoms with E-state index in [4.69, 9.17) is 0 Å². The lowest BCUT2D eigenvalue weighted by Gasteiger charge is -2.33. The molecule has 1 rings (SSSR count). The van der Waals surface area contributed by atoms with E-state index in [1.807, 2.05) is 6.07 Å². The van der Waals surface area contributed by atoms with Gasteiger partial charge in [-0.15, -0.1) is 0 Å². The van der Waals surface area contributed by atoms with Gasteiger partial charge in [-0.05, 0) is 37.9 Å². The lowest BCUT2D eigenvalue weighted by atomic mass is 10.1. The molecule has 20 heavy (non-hydrogen) atoms. The van der Waals surface area contributed by atoms with E-state index in [0.29, 0.717) is 6.04 Å². The molecule has 2 nitrogen and oxygen atoms in total. The third-order valence-corrected chi connectivity index (χ3v) is 3.80. The molecule has 0 aliphatic heterocycles. The van der Waals surface area contributed by atoms with Gasteiger partial charge in [0.05, 0.1) is 5.69 Å². The number of rotatable bonds is 9. The van der Waals surface area contributed by atoms with Gasteiger partial charge in [0.1, 0.15) is 5.82 Å². The van der Waals surface area contributed by atoms with Crippen LogP contribution in [-0.2, 0) is 6.54 Å². The maximum atomic E-state index is 14.4. The van der Waals surface area contributed by atoms with Gasteiger partial charge >= 0.3 is 0 Å². The van der Waals surface area contributed by atoms with Crippen LogP contribution in [0.2, 0.25) is 0 Å². The Morgan fingerprint density at radius 2 is 2.00 bits per heavy atom. The molecule has 1 atom stereocenters. The van der Waals surface area contributed by atoms with Crippen LogP contribution in [0.3, 0.4) is 0 Å². The fourth-order valence-corrected chi connectivity index (χ4v) is 2.39. The standard InChI is InChI=1S/C17H29FN2/c1-5-8-12-20(14(4)6-2)17-15(13-19-7-3)10-9-11-16(17)18/h9-11,14,19H,5-8,12-13H2,1-4H3. The first-order valence-corrected chi connectivity index (χ1v) is 7.90. The lowest BCUT2D eigenvalue weighted by molar-refractivity contribution is 0.559. The number of para-hydroxylation sites is 1. The van der Waals surface area contributed by atoms with Crippen molar-refractivity contribution in [2.75, 3.05) is 18.0 Å². The van der Waals surface area contributed by atoms with Crippen LogP contribution in [0.15, 0.2) is 18.2 Å². The predicted molar refractivity (Wildman–Crippen MR) is 85.8 cm³/mol. The number of anilines is 1. The van der Waals surface area contributed by atoms with E-state index in [2.05, 4.69) is 37.9 Å². The molecule has 0 spiro atoms. The Balaban J connectivity index is 3.08. The molecule has 114 valence electrons. The summed E-state index contributed by atoms with van der Waals surface area (Å²) in [7, 11) is 0. The molecule has 0 fully saturated rings. The minimum atomic E-state index is -0.100. The molecule has 1 aromatic rings. The Bertz CT molecular complexity index is 393. The third-order valence-electron chi connectivity index (χ3n) is 3.80. The SMILES string of the molecule is CCCCN(c1c(F)cccc1CNCC)C(C)CC. The van der Waals surface area contributed by atoms with Gasteiger partial charge < -0.3 is 10.2 Å². The van der Waals surface area contributed by atoms with Gasteiger partial charge in [-0.25, -0.2) is 4.39 Å². The zero-order valence-electron chi connectivity index (χ0n) is 13.4. The number of hydrogen-bond acceptors (Lipinski definition) is 2. The summed E-state index contributed by atoms with van der Waals surface area (Å²) in [6.45, 7) is 11.1. The Kier molecular flexibility index (Phi) is 7.60. The van der Waals surface area contributed by atoms with Crippen LogP contribution in [0.25, 0.3) is 0 Å². The van der Waals surface area contributed by atoms with Crippen LogP contribution in [0.5, 0.6) is 0 Å². The van der Waals surface area contributed by atoms with Crippen LogP contribution >= 0.6 is 0 Å². The highest BCUT2D eigenvalue weighted by molar-refractivity contribution is 5.55. The average molecular weight is 280 g/mol. The van der Waals surface area contributed by atoms with Gasteiger partial charge in [-0.3, -0.25) is 0 Å². The maximum absolute atomic E-state index is 14.4.